The molecule has 1 heterocycles. The number of hydrogen-bond acceptors (Lipinski definition) is 2. The molecule has 2 rings (SSSR count). The van der Waals surface area contributed by atoms with Gasteiger partial charge in [0.1, 0.15) is 11.9 Å². The van der Waals surface area contributed by atoms with Gasteiger partial charge in [-0.25, -0.2) is 4.68 Å². The van der Waals surface area contributed by atoms with Crippen molar-refractivity contribution in [3.05, 3.63) is 52.4 Å². The number of benzene rings is 1. The number of rotatable bonds is 5. The Morgan fingerprint density at radius 3 is 2.61 bits per heavy atom. The van der Waals surface area contributed by atoms with Crippen LogP contribution >= 0.6 is 0 Å². The topological polar surface area (TPSA) is 47.0 Å². The van der Waals surface area contributed by atoms with Crippen LogP contribution in [0.3, 0.4) is 0 Å². The summed E-state index contributed by atoms with van der Waals surface area (Å²) in [5, 5.41) is 3.02. The van der Waals surface area contributed by atoms with Gasteiger partial charge in [0.15, 0.2) is 0 Å². The molecule has 4 heteroatoms. The number of aromatic amines is 1. The zero-order chi connectivity index (χ0) is 13.0. The molecular formula is C14H18N2O2. The summed E-state index contributed by atoms with van der Waals surface area (Å²) in [6.07, 6.45) is 0.836. The van der Waals surface area contributed by atoms with Gasteiger partial charge < -0.3 is 4.74 Å². The third-order valence-corrected chi connectivity index (χ3v) is 2.80. The first-order chi connectivity index (χ1) is 8.69. The van der Waals surface area contributed by atoms with Crippen molar-refractivity contribution in [2.75, 3.05) is 0 Å². The van der Waals surface area contributed by atoms with Crippen molar-refractivity contribution in [2.45, 2.75) is 32.9 Å². The smallest absolute Gasteiger partial charge is 0.266 e. The Morgan fingerprint density at radius 2 is 2.06 bits per heavy atom. The Labute approximate surface area is 106 Å². The van der Waals surface area contributed by atoms with E-state index in [9.17, 15) is 4.79 Å². The number of aromatic nitrogens is 2. The number of nitrogens with one attached hydrogen (secondary N) is 1. The molecule has 0 saturated heterocycles. The van der Waals surface area contributed by atoms with E-state index in [2.05, 4.69) is 12.0 Å². The van der Waals surface area contributed by atoms with Gasteiger partial charge in [0.05, 0.1) is 6.54 Å². The minimum atomic E-state index is -0.0115. The lowest BCUT2D eigenvalue weighted by atomic mass is 10.2. The maximum atomic E-state index is 11.6. The highest BCUT2D eigenvalue weighted by Crippen LogP contribution is 2.13. The fourth-order valence-electron chi connectivity index (χ4n) is 1.84. The second-order valence-electron chi connectivity index (χ2n) is 4.35. The summed E-state index contributed by atoms with van der Waals surface area (Å²) in [6.45, 7) is 4.46. The Hall–Kier alpha value is -1.97. The SMILES string of the molecule is CCC(Cn1[nH]c(C)cc1=O)Oc1ccccc1. The summed E-state index contributed by atoms with van der Waals surface area (Å²) < 4.78 is 7.44. The van der Waals surface area contributed by atoms with Crippen LogP contribution in [0.4, 0.5) is 0 Å². The quantitative estimate of drug-likeness (QED) is 0.880. The van der Waals surface area contributed by atoms with Crippen molar-refractivity contribution >= 4 is 0 Å². The highest BCUT2D eigenvalue weighted by Gasteiger charge is 2.11. The zero-order valence-electron chi connectivity index (χ0n) is 10.7. The van der Waals surface area contributed by atoms with Gasteiger partial charge in [-0.05, 0) is 25.5 Å². The molecule has 0 aliphatic heterocycles. The summed E-state index contributed by atoms with van der Waals surface area (Å²) in [5.41, 5.74) is 0.858. The fraction of sp³-hybridized carbons (Fsp3) is 0.357. The first kappa shape index (κ1) is 12.5. The summed E-state index contributed by atoms with van der Waals surface area (Å²) in [5.74, 6) is 0.834. The van der Waals surface area contributed by atoms with E-state index < -0.39 is 0 Å². The minimum Gasteiger partial charge on any atom is -0.489 e. The van der Waals surface area contributed by atoms with Crippen LogP contribution in [-0.4, -0.2) is 15.9 Å². The van der Waals surface area contributed by atoms with Gasteiger partial charge >= 0.3 is 0 Å². The summed E-state index contributed by atoms with van der Waals surface area (Å²) in [7, 11) is 0. The monoisotopic (exact) mass is 246 g/mol. The third kappa shape index (κ3) is 3.03. The van der Waals surface area contributed by atoms with Crippen LogP contribution < -0.4 is 10.3 Å². The molecule has 1 N–H and O–H groups in total. The van der Waals surface area contributed by atoms with Gasteiger partial charge in [-0.2, -0.15) is 0 Å². The predicted octanol–water partition coefficient (Wildman–Crippen LogP) is 2.34. The van der Waals surface area contributed by atoms with Gasteiger partial charge in [-0.1, -0.05) is 25.1 Å². The molecule has 0 radical (unpaired) electrons. The Morgan fingerprint density at radius 1 is 1.33 bits per heavy atom. The molecule has 0 aliphatic carbocycles. The molecule has 0 spiro atoms. The fourth-order valence-corrected chi connectivity index (χ4v) is 1.84. The van der Waals surface area contributed by atoms with Crippen molar-refractivity contribution < 1.29 is 4.74 Å². The van der Waals surface area contributed by atoms with Gasteiger partial charge in [0.2, 0.25) is 0 Å². The minimum absolute atomic E-state index is 0.0110. The van der Waals surface area contributed by atoms with E-state index in [4.69, 9.17) is 4.74 Å². The largest absolute Gasteiger partial charge is 0.489 e. The maximum absolute atomic E-state index is 11.6. The van der Waals surface area contributed by atoms with Crippen molar-refractivity contribution in [3.8, 4) is 5.75 Å². The molecule has 18 heavy (non-hydrogen) atoms. The van der Waals surface area contributed by atoms with E-state index in [1.807, 2.05) is 37.3 Å². The number of aryl methyl sites for hydroxylation is 1. The zero-order valence-corrected chi connectivity index (χ0v) is 10.7. The van der Waals surface area contributed by atoms with E-state index in [-0.39, 0.29) is 11.7 Å². The molecule has 4 nitrogen and oxygen atoms in total. The molecule has 1 atom stereocenters. The number of hydrogen-bond donors (Lipinski definition) is 1. The van der Waals surface area contributed by atoms with Crippen molar-refractivity contribution in [3.63, 3.8) is 0 Å². The van der Waals surface area contributed by atoms with E-state index in [0.29, 0.717) is 6.54 Å². The van der Waals surface area contributed by atoms with Crippen LogP contribution in [0.15, 0.2) is 41.2 Å². The van der Waals surface area contributed by atoms with Crippen molar-refractivity contribution in [1.29, 1.82) is 0 Å². The van der Waals surface area contributed by atoms with Gasteiger partial charge in [-0.15, -0.1) is 0 Å². The Kier molecular flexibility index (Phi) is 3.87. The van der Waals surface area contributed by atoms with Crippen LogP contribution in [0.25, 0.3) is 0 Å². The van der Waals surface area contributed by atoms with Crippen LogP contribution in [0.5, 0.6) is 5.75 Å². The average Bonchev–Trinajstić information content (AvgIpc) is 2.68. The molecule has 1 aromatic heterocycles. The number of para-hydroxylation sites is 1. The van der Waals surface area contributed by atoms with Gasteiger partial charge in [-0.3, -0.25) is 9.89 Å². The molecule has 2 aromatic rings. The first-order valence-electron chi connectivity index (χ1n) is 6.17. The highest BCUT2D eigenvalue weighted by molar-refractivity contribution is 5.21. The lowest BCUT2D eigenvalue weighted by Gasteiger charge is -2.17. The van der Waals surface area contributed by atoms with Gasteiger partial charge in [0.25, 0.3) is 5.56 Å². The second-order valence-corrected chi connectivity index (χ2v) is 4.35. The van der Waals surface area contributed by atoms with Crippen molar-refractivity contribution in [1.82, 2.24) is 9.78 Å². The molecular weight excluding hydrogens is 228 g/mol. The molecule has 96 valence electrons. The third-order valence-electron chi connectivity index (χ3n) is 2.80. The first-order valence-corrected chi connectivity index (χ1v) is 6.17. The lowest BCUT2D eigenvalue weighted by molar-refractivity contribution is 0.169. The van der Waals surface area contributed by atoms with Crippen LogP contribution in [-0.2, 0) is 6.54 Å². The summed E-state index contributed by atoms with van der Waals surface area (Å²) >= 11 is 0. The Bertz CT molecular complexity index is 542. The molecule has 1 aromatic carbocycles. The van der Waals surface area contributed by atoms with E-state index in [1.165, 1.54) is 0 Å². The molecule has 0 bridgehead atoms. The maximum Gasteiger partial charge on any atom is 0.266 e. The average molecular weight is 246 g/mol. The highest BCUT2D eigenvalue weighted by atomic mass is 16.5. The standard InChI is InChI=1S/C14H18N2O2/c1-3-12(18-13-7-5-4-6-8-13)10-16-14(17)9-11(2)15-16/h4-9,12,15H,3,10H2,1-2H3. The lowest BCUT2D eigenvalue weighted by Crippen LogP contribution is -2.28. The van der Waals surface area contributed by atoms with Crippen LogP contribution in [0.2, 0.25) is 0 Å². The van der Waals surface area contributed by atoms with E-state index >= 15 is 0 Å². The Balaban J connectivity index is 2.06. The van der Waals surface area contributed by atoms with Crippen molar-refractivity contribution in [2.24, 2.45) is 0 Å². The second kappa shape index (κ2) is 5.58. The van der Waals surface area contributed by atoms with Gasteiger partial charge in [0, 0.05) is 11.8 Å². The predicted molar refractivity (Wildman–Crippen MR) is 70.9 cm³/mol. The molecule has 0 saturated carbocycles. The van der Waals surface area contributed by atoms with E-state index in [1.54, 1.807) is 10.7 Å². The van der Waals surface area contributed by atoms with Crippen LogP contribution in [0, 0.1) is 6.92 Å². The molecule has 1 unspecified atom stereocenters. The number of nitrogens with zero attached hydrogens (tertiary/aromatic N) is 1. The molecule has 0 amide bonds. The summed E-state index contributed by atoms with van der Waals surface area (Å²) in [6, 6.07) is 11.3. The van der Waals surface area contributed by atoms with Crippen LogP contribution in [0.1, 0.15) is 19.0 Å². The molecule has 0 fully saturated rings. The van der Waals surface area contributed by atoms with E-state index in [0.717, 1.165) is 17.9 Å². The molecule has 0 aliphatic rings. The number of ether oxygens (including phenoxy) is 1. The normalized spacial score (nSPS) is 12.3. The summed E-state index contributed by atoms with van der Waals surface area (Å²) in [4.78, 5) is 11.6. The number of H-pyrrole nitrogens is 1.